The van der Waals surface area contributed by atoms with Crippen LogP contribution in [-0.4, -0.2) is 21.8 Å². The van der Waals surface area contributed by atoms with Gasteiger partial charge in [0.05, 0.1) is 6.26 Å². The number of anilines is 1. The Bertz CT molecular complexity index is 1150. The summed E-state index contributed by atoms with van der Waals surface area (Å²) in [6, 6.07) is 12.6. The number of aliphatic hydroxyl groups excluding tert-OH is 1. The van der Waals surface area contributed by atoms with E-state index in [1.807, 2.05) is 12.1 Å². The number of rotatable bonds is 5. The van der Waals surface area contributed by atoms with Crippen LogP contribution in [0.5, 0.6) is 0 Å². The topological polar surface area (TPSA) is 79.3 Å². The van der Waals surface area contributed by atoms with E-state index in [4.69, 9.17) is 0 Å². The summed E-state index contributed by atoms with van der Waals surface area (Å²) in [5, 5.41) is 13.0. The highest BCUT2D eigenvalue weighted by Crippen LogP contribution is 2.63. The molecule has 5 heteroatoms. The molecule has 5 nitrogen and oxygen atoms in total. The number of amides is 1. The van der Waals surface area contributed by atoms with Crippen molar-refractivity contribution in [2.45, 2.75) is 71.1 Å². The summed E-state index contributed by atoms with van der Waals surface area (Å²) < 4.78 is 0. The van der Waals surface area contributed by atoms with E-state index < -0.39 is 5.41 Å². The minimum Gasteiger partial charge on any atom is -0.515 e. The SMILES string of the molecule is CC(C)c1ccc(NC(=O)CC[C@@H]2/C(=C/O)C(=O)[C@@]3(C)CCC4c5ccccc5CCC4C23)nc1. The zero-order chi connectivity index (χ0) is 24.7. The van der Waals surface area contributed by atoms with Gasteiger partial charge in [-0.2, -0.15) is 0 Å². The molecule has 2 saturated carbocycles. The molecule has 0 aliphatic heterocycles. The maximum absolute atomic E-state index is 13.5. The van der Waals surface area contributed by atoms with Gasteiger partial charge in [-0.15, -0.1) is 0 Å². The van der Waals surface area contributed by atoms with Gasteiger partial charge in [0.1, 0.15) is 5.82 Å². The van der Waals surface area contributed by atoms with Crippen molar-refractivity contribution >= 4 is 17.5 Å². The molecule has 2 N–H and O–H groups in total. The largest absolute Gasteiger partial charge is 0.515 e. The van der Waals surface area contributed by atoms with E-state index in [1.165, 1.54) is 11.1 Å². The van der Waals surface area contributed by atoms with Crippen LogP contribution in [0.3, 0.4) is 0 Å². The molecule has 2 aromatic rings. The Morgan fingerprint density at radius 2 is 2.03 bits per heavy atom. The van der Waals surface area contributed by atoms with Gasteiger partial charge in [-0.1, -0.05) is 51.1 Å². The van der Waals surface area contributed by atoms with Gasteiger partial charge in [0.15, 0.2) is 5.78 Å². The standard InChI is InChI=1S/C30H36N2O3/c1-18(2)20-9-12-26(31-16-20)32-27(34)13-11-24-25(17-33)29(35)30(3)15-14-22-21-7-5-4-6-19(21)8-10-23(22)28(24)30/h4-7,9,12,16-18,22-24,28,33H,8,10-11,13-15H2,1-3H3,(H,31,32,34)/b25-17-/t22?,23?,24-,28?,30+/m1/s1. The van der Waals surface area contributed by atoms with Crippen molar-refractivity contribution in [3.8, 4) is 0 Å². The molecular weight excluding hydrogens is 436 g/mol. The minimum absolute atomic E-state index is 0.0821. The van der Waals surface area contributed by atoms with E-state index in [0.717, 1.165) is 37.5 Å². The Morgan fingerprint density at radius 3 is 2.74 bits per heavy atom. The molecule has 184 valence electrons. The zero-order valence-electron chi connectivity index (χ0n) is 21.0. The van der Waals surface area contributed by atoms with Crippen LogP contribution in [0, 0.1) is 23.2 Å². The second-order valence-corrected chi connectivity index (χ2v) is 11.2. The van der Waals surface area contributed by atoms with Crippen molar-refractivity contribution in [2.75, 3.05) is 5.32 Å². The van der Waals surface area contributed by atoms with Gasteiger partial charge in [0.2, 0.25) is 5.91 Å². The van der Waals surface area contributed by atoms with Crippen molar-refractivity contribution in [2.24, 2.45) is 23.2 Å². The molecule has 5 rings (SSSR count). The van der Waals surface area contributed by atoms with Gasteiger partial charge in [-0.3, -0.25) is 9.59 Å². The van der Waals surface area contributed by atoms with E-state index in [0.29, 0.717) is 42.0 Å². The van der Waals surface area contributed by atoms with Gasteiger partial charge in [0, 0.05) is 23.6 Å². The van der Waals surface area contributed by atoms with Crippen molar-refractivity contribution < 1.29 is 14.7 Å². The molecular formula is C30H36N2O3. The summed E-state index contributed by atoms with van der Waals surface area (Å²) in [5.74, 6) is 1.80. The number of pyridine rings is 1. The molecule has 1 aromatic heterocycles. The number of Topliss-reactive ketones (excluding diaryl/α,β-unsaturated/α-hetero) is 1. The highest BCUT2D eigenvalue weighted by atomic mass is 16.2. The Balaban J connectivity index is 1.35. The molecule has 5 atom stereocenters. The Labute approximate surface area is 208 Å². The number of carbonyl (C=O) groups is 2. The number of hydrogen-bond acceptors (Lipinski definition) is 4. The molecule has 1 heterocycles. The number of carbonyl (C=O) groups excluding carboxylic acids is 2. The van der Waals surface area contributed by atoms with Gasteiger partial charge in [-0.05, 0) is 84.5 Å². The lowest BCUT2D eigenvalue weighted by Crippen LogP contribution is -2.44. The van der Waals surface area contributed by atoms with Crippen LogP contribution in [0.1, 0.15) is 81.4 Å². The van der Waals surface area contributed by atoms with Crippen molar-refractivity contribution in [3.05, 3.63) is 71.1 Å². The first-order valence-corrected chi connectivity index (χ1v) is 13.1. The van der Waals surface area contributed by atoms with Gasteiger partial charge in [0.25, 0.3) is 0 Å². The minimum atomic E-state index is -0.461. The number of nitrogens with one attached hydrogen (secondary N) is 1. The van der Waals surface area contributed by atoms with Crippen LogP contribution in [0.25, 0.3) is 0 Å². The third-order valence-electron chi connectivity index (χ3n) is 9.05. The van der Waals surface area contributed by atoms with E-state index in [2.05, 4.69) is 55.3 Å². The van der Waals surface area contributed by atoms with Crippen LogP contribution in [0.4, 0.5) is 5.82 Å². The lowest BCUT2D eigenvalue weighted by Gasteiger charge is -2.49. The number of aromatic nitrogens is 1. The maximum Gasteiger partial charge on any atom is 0.225 e. The van der Waals surface area contributed by atoms with Crippen LogP contribution in [-0.2, 0) is 16.0 Å². The van der Waals surface area contributed by atoms with Gasteiger partial charge >= 0.3 is 0 Å². The molecule has 1 amide bonds. The zero-order valence-corrected chi connectivity index (χ0v) is 21.0. The normalized spacial score (nSPS) is 30.6. The number of fused-ring (bicyclic) bond motifs is 5. The smallest absolute Gasteiger partial charge is 0.225 e. The molecule has 3 unspecified atom stereocenters. The summed E-state index contributed by atoms with van der Waals surface area (Å²) in [5.41, 5.74) is 4.06. The predicted octanol–water partition coefficient (Wildman–Crippen LogP) is 6.33. The third-order valence-corrected chi connectivity index (χ3v) is 9.05. The highest BCUT2D eigenvalue weighted by molar-refractivity contribution is 6.03. The van der Waals surface area contributed by atoms with E-state index >= 15 is 0 Å². The first-order chi connectivity index (χ1) is 16.8. The molecule has 2 fully saturated rings. The van der Waals surface area contributed by atoms with Gasteiger partial charge < -0.3 is 10.4 Å². The van der Waals surface area contributed by atoms with Crippen LogP contribution in [0.2, 0.25) is 0 Å². The molecule has 0 saturated heterocycles. The second kappa shape index (κ2) is 9.25. The summed E-state index contributed by atoms with van der Waals surface area (Å²) >= 11 is 0. The number of benzene rings is 1. The Hall–Kier alpha value is -2.95. The fraction of sp³-hybridized carbons (Fsp3) is 0.500. The monoisotopic (exact) mass is 472 g/mol. The molecule has 0 radical (unpaired) electrons. The summed E-state index contributed by atoms with van der Waals surface area (Å²) in [4.78, 5) is 30.7. The third kappa shape index (κ3) is 4.09. The first-order valence-electron chi connectivity index (χ1n) is 13.1. The Morgan fingerprint density at radius 1 is 1.23 bits per heavy atom. The molecule has 1 aromatic carbocycles. The number of hydrogen-bond donors (Lipinski definition) is 2. The van der Waals surface area contributed by atoms with E-state index in [1.54, 1.807) is 6.20 Å². The molecule has 3 aliphatic carbocycles. The maximum atomic E-state index is 13.5. The van der Waals surface area contributed by atoms with Crippen LogP contribution in [0.15, 0.2) is 54.4 Å². The summed E-state index contributed by atoms with van der Waals surface area (Å²) in [6.07, 6.45) is 7.61. The van der Waals surface area contributed by atoms with Gasteiger partial charge in [-0.25, -0.2) is 4.98 Å². The number of aliphatic hydroxyl groups is 1. The fourth-order valence-corrected chi connectivity index (χ4v) is 7.27. The first kappa shape index (κ1) is 23.8. The number of ketones is 1. The van der Waals surface area contributed by atoms with Crippen molar-refractivity contribution in [3.63, 3.8) is 0 Å². The molecule has 0 bridgehead atoms. The van der Waals surface area contributed by atoms with Crippen molar-refractivity contribution in [1.82, 2.24) is 4.98 Å². The molecule has 3 aliphatic rings. The lowest BCUT2D eigenvalue weighted by atomic mass is 9.54. The fourth-order valence-electron chi connectivity index (χ4n) is 7.27. The van der Waals surface area contributed by atoms with E-state index in [9.17, 15) is 14.7 Å². The number of aryl methyl sites for hydroxylation is 1. The number of nitrogens with zero attached hydrogens (tertiary/aromatic N) is 1. The number of allylic oxidation sites excluding steroid dienone is 1. The van der Waals surface area contributed by atoms with Crippen molar-refractivity contribution in [1.29, 1.82) is 0 Å². The predicted molar refractivity (Wildman–Crippen MR) is 137 cm³/mol. The average molecular weight is 473 g/mol. The average Bonchev–Trinajstić information content (AvgIpc) is 3.08. The summed E-state index contributed by atoms with van der Waals surface area (Å²) in [7, 11) is 0. The molecule has 0 spiro atoms. The molecule has 35 heavy (non-hydrogen) atoms. The lowest BCUT2D eigenvalue weighted by molar-refractivity contribution is -0.127. The summed E-state index contributed by atoms with van der Waals surface area (Å²) in [6.45, 7) is 6.32. The van der Waals surface area contributed by atoms with E-state index in [-0.39, 0.29) is 23.5 Å². The Kier molecular flexibility index (Phi) is 6.29. The second-order valence-electron chi connectivity index (χ2n) is 11.2. The van der Waals surface area contributed by atoms with Crippen LogP contribution < -0.4 is 5.32 Å². The highest BCUT2D eigenvalue weighted by Gasteiger charge is 2.60. The quantitative estimate of drug-likeness (QED) is 0.394. The van der Waals surface area contributed by atoms with Crippen LogP contribution >= 0.6 is 0 Å².